The summed E-state index contributed by atoms with van der Waals surface area (Å²) in [6.07, 6.45) is 7.53. The topological polar surface area (TPSA) is 75.6 Å². The van der Waals surface area contributed by atoms with Crippen LogP contribution in [-0.4, -0.2) is 29.8 Å². The highest BCUT2D eigenvalue weighted by Crippen LogP contribution is 2.26. The maximum atomic E-state index is 11.8. The summed E-state index contributed by atoms with van der Waals surface area (Å²) < 4.78 is 5.42. The van der Waals surface area contributed by atoms with Gasteiger partial charge in [0.1, 0.15) is 6.10 Å². The van der Waals surface area contributed by atoms with Crippen molar-refractivity contribution >= 4 is 12.1 Å². The SMILES string of the molecule is C=C(C)C1CC(CC(=O)O)CCC(C)CC/C=C\CNC(=O)O1. The molecule has 0 aliphatic carbocycles. The van der Waals surface area contributed by atoms with Crippen molar-refractivity contribution in [2.75, 3.05) is 6.54 Å². The number of aliphatic carboxylic acids is 1. The van der Waals surface area contributed by atoms with Gasteiger partial charge in [-0.15, -0.1) is 0 Å². The molecule has 3 atom stereocenters. The molecule has 1 heterocycles. The Bertz CT molecular complexity index is 444. The molecule has 0 aromatic rings. The number of rotatable bonds is 3. The average molecular weight is 323 g/mol. The first-order valence-corrected chi connectivity index (χ1v) is 8.35. The van der Waals surface area contributed by atoms with Gasteiger partial charge in [0.2, 0.25) is 0 Å². The zero-order valence-electron chi connectivity index (χ0n) is 14.2. The molecule has 1 amide bonds. The number of allylic oxidation sites excluding steroid dienone is 1. The average Bonchev–Trinajstić information content (AvgIpc) is 2.46. The highest BCUT2D eigenvalue weighted by atomic mass is 16.6. The normalized spacial score (nSPS) is 28.8. The standard InChI is InChI=1S/C18H29NO4/c1-13(2)16-11-15(12-17(20)21)9-8-14(3)7-5-4-6-10-19-18(22)23-16/h4,6,14-16H,1,5,7-12H2,2-3H3,(H,19,22)(H,20,21)/b6-4-. The Hall–Kier alpha value is -1.78. The number of carbonyl (C=O) groups excluding carboxylic acids is 1. The summed E-state index contributed by atoms with van der Waals surface area (Å²) in [5.41, 5.74) is 0.742. The van der Waals surface area contributed by atoms with Crippen molar-refractivity contribution in [2.24, 2.45) is 11.8 Å². The summed E-state index contributed by atoms with van der Waals surface area (Å²) in [4.78, 5) is 22.9. The second kappa shape index (κ2) is 10.1. The van der Waals surface area contributed by atoms with E-state index in [4.69, 9.17) is 9.84 Å². The summed E-state index contributed by atoms with van der Waals surface area (Å²) in [7, 11) is 0. The van der Waals surface area contributed by atoms with E-state index in [1.807, 2.05) is 6.08 Å². The van der Waals surface area contributed by atoms with Crippen LogP contribution >= 0.6 is 0 Å². The molecule has 0 saturated heterocycles. The minimum atomic E-state index is -0.809. The fourth-order valence-electron chi connectivity index (χ4n) is 2.76. The molecule has 23 heavy (non-hydrogen) atoms. The smallest absolute Gasteiger partial charge is 0.407 e. The Kier molecular flexibility index (Phi) is 8.45. The van der Waals surface area contributed by atoms with Crippen LogP contribution in [0.5, 0.6) is 0 Å². The molecule has 3 unspecified atom stereocenters. The van der Waals surface area contributed by atoms with Crippen molar-refractivity contribution in [1.82, 2.24) is 5.32 Å². The van der Waals surface area contributed by atoms with Gasteiger partial charge in [-0.05, 0) is 50.0 Å². The largest absolute Gasteiger partial charge is 0.481 e. The monoisotopic (exact) mass is 323 g/mol. The zero-order valence-corrected chi connectivity index (χ0v) is 14.2. The number of alkyl carbamates (subject to hydrolysis) is 1. The Morgan fingerprint density at radius 2 is 2.13 bits per heavy atom. The first kappa shape index (κ1) is 19.3. The Labute approximate surface area is 138 Å². The number of nitrogens with one attached hydrogen (secondary N) is 1. The number of hydrogen-bond acceptors (Lipinski definition) is 3. The third kappa shape index (κ3) is 8.43. The second-order valence-corrected chi connectivity index (χ2v) is 6.55. The summed E-state index contributed by atoms with van der Waals surface area (Å²) in [6.45, 7) is 8.32. The first-order chi connectivity index (χ1) is 10.9. The van der Waals surface area contributed by atoms with E-state index in [9.17, 15) is 9.59 Å². The van der Waals surface area contributed by atoms with Gasteiger partial charge in [0.25, 0.3) is 0 Å². The molecule has 0 radical (unpaired) electrons. The molecule has 0 aromatic heterocycles. The second-order valence-electron chi connectivity index (χ2n) is 6.55. The van der Waals surface area contributed by atoms with E-state index in [2.05, 4.69) is 24.9 Å². The van der Waals surface area contributed by atoms with Crippen LogP contribution in [0.2, 0.25) is 0 Å². The molecule has 0 fully saturated rings. The van der Waals surface area contributed by atoms with Crippen molar-refractivity contribution in [3.63, 3.8) is 0 Å². The molecule has 0 aromatic carbocycles. The van der Waals surface area contributed by atoms with Crippen LogP contribution in [0.4, 0.5) is 4.79 Å². The van der Waals surface area contributed by atoms with E-state index in [-0.39, 0.29) is 12.3 Å². The van der Waals surface area contributed by atoms with Gasteiger partial charge in [0.05, 0.1) is 0 Å². The van der Waals surface area contributed by atoms with Crippen LogP contribution in [0.15, 0.2) is 24.3 Å². The number of amides is 1. The van der Waals surface area contributed by atoms with E-state index >= 15 is 0 Å². The van der Waals surface area contributed by atoms with Crippen LogP contribution < -0.4 is 5.32 Å². The minimum absolute atomic E-state index is 0.0112. The lowest BCUT2D eigenvalue weighted by atomic mass is 9.87. The van der Waals surface area contributed by atoms with Gasteiger partial charge in [-0.3, -0.25) is 4.79 Å². The molecule has 0 spiro atoms. The molecule has 5 heteroatoms. The van der Waals surface area contributed by atoms with Crippen molar-refractivity contribution in [3.8, 4) is 0 Å². The lowest BCUT2D eigenvalue weighted by molar-refractivity contribution is -0.138. The Balaban J connectivity index is 2.81. The molecule has 0 saturated carbocycles. The van der Waals surface area contributed by atoms with Crippen molar-refractivity contribution < 1.29 is 19.4 Å². The summed E-state index contributed by atoms with van der Waals surface area (Å²) in [5, 5.41) is 11.8. The van der Waals surface area contributed by atoms with E-state index in [1.165, 1.54) is 0 Å². The number of carbonyl (C=O) groups is 2. The molecule has 1 aliphatic rings. The highest BCUT2D eigenvalue weighted by molar-refractivity contribution is 5.68. The van der Waals surface area contributed by atoms with Gasteiger partial charge < -0.3 is 15.2 Å². The van der Waals surface area contributed by atoms with E-state index < -0.39 is 18.2 Å². The number of carboxylic acids is 1. The van der Waals surface area contributed by atoms with Crippen LogP contribution in [0, 0.1) is 11.8 Å². The molecule has 5 nitrogen and oxygen atoms in total. The maximum Gasteiger partial charge on any atom is 0.407 e. The molecular formula is C18H29NO4. The minimum Gasteiger partial charge on any atom is -0.481 e. The predicted octanol–water partition coefficient (Wildman–Crippen LogP) is 3.90. The van der Waals surface area contributed by atoms with E-state index in [0.29, 0.717) is 18.9 Å². The van der Waals surface area contributed by atoms with Crippen LogP contribution in [0.1, 0.15) is 52.4 Å². The fourth-order valence-corrected chi connectivity index (χ4v) is 2.76. The maximum absolute atomic E-state index is 11.8. The summed E-state index contributed by atoms with van der Waals surface area (Å²) in [6, 6.07) is 0. The van der Waals surface area contributed by atoms with Crippen LogP contribution in [0.25, 0.3) is 0 Å². The zero-order chi connectivity index (χ0) is 17.2. The molecule has 2 N–H and O–H groups in total. The molecule has 0 bridgehead atoms. The van der Waals surface area contributed by atoms with Gasteiger partial charge in [0.15, 0.2) is 0 Å². The van der Waals surface area contributed by atoms with Crippen molar-refractivity contribution in [1.29, 1.82) is 0 Å². The Morgan fingerprint density at radius 3 is 2.78 bits per heavy atom. The third-order valence-electron chi connectivity index (χ3n) is 4.23. The fraction of sp³-hybridized carbons (Fsp3) is 0.667. The lowest BCUT2D eigenvalue weighted by Gasteiger charge is -2.24. The number of hydrogen-bond donors (Lipinski definition) is 2. The lowest BCUT2D eigenvalue weighted by Crippen LogP contribution is -2.31. The first-order valence-electron chi connectivity index (χ1n) is 8.35. The van der Waals surface area contributed by atoms with E-state index in [0.717, 1.165) is 31.3 Å². The van der Waals surface area contributed by atoms with Gasteiger partial charge in [-0.2, -0.15) is 0 Å². The number of carboxylic acid groups (broad SMARTS) is 1. The van der Waals surface area contributed by atoms with Gasteiger partial charge in [-0.25, -0.2) is 4.79 Å². The third-order valence-corrected chi connectivity index (χ3v) is 4.23. The van der Waals surface area contributed by atoms with Crippen LogP contribution in [0.3, 0.4) is 0 Å². The molecule has 1 aliphatic heterocycles. The summed E-state index contributed by atoms with van der Waals surface area (Å²) >= 11 is 0. The number of cyclic esters (lactones) is 1. The predicted molar refractivity (Wildman–Crippen MR) is 90.2 cm³/mol. The van der Waals surface area contributed by atoms with Gasteiger partial charge >= 0.3 is 12.1 Å². The molecule has 130 valence electrons. The van der Waals surface area contributed by atoms with E-state index in [1.54, 1.807) is 6.92 Å². The van der Waals surface area contributed by atoms with Gasteiger partial charge in [0, 0.05) is 13.0 Å². The highest BCUT2D eigenvalue weighted by Gasteiger charge is 2.23. The van der Waals surface area contributed by atoms with Crippen molar-refractivity contribution in [3.05, 3.63) is 24.3 Å². The van der Waals surface area contributed by atoms with Crippen LogP contribution in [-0.2, 0) is 9.53 Å². The quantitative estimate of drug-likeness (QED) is 0.772. The Morgan fingerprint density at radius 1 is 1.39 bits per heavy atom. The van der Waals surface area contributed by atoms with Crippen molar-refractivity contribution in [2.45, 2.75) is 58.5 Å². The summed E-state index contributed by atoms with van der Waals surface area (Å²) in [5.74, 6) is -0.266. The number of ether oxygens (including phenoxy) is 1. The molecule has 1 rings (SSSR count). The van der Waals surface area contributed by atoms with Gasteiger partial charge in [-0.1, -0.05) is 32.1 Å². The molecular weight excluding hydrogens is 294 g/mol.